The Labute approximate surface area is 113 Å². The van der Waals surface area contributed by atoms with Gasteiger partial charge in [-0.3, -0.25) is 0 Å². The molecule has 0 unspecified atom stereocenters. The SMILES string of the molecule is CCC.[W+2].[c-]1ccccc1-c1[c-]cccc1. The Balaban J connectivity index is 0.000000511. The second-order valence-corrected chi connectivity index (χ2v) is 3.26. The number of hydrogen-bond acceptors (Lipinski definition) is 0. The number of hydrogen-bond donors (Lipinski definition) is 0. The van der Waals surface area contributed by atoms with Gasteiger partial charge in [-0.25, -0.2) is 11.1 Å². The van der Waals surface area contributed by atoms with Gasteiger partial charge >= 0.3 is 21.1 Å². The third-order valence-corrected chi connectivity index (χ3v) is 1.71. The molecular weight excluding hydrogens is 364 g/mol. The van der Waals surface area contributed by atoms with E-state index in [2.05, 4.69) is 26.0 Å². The topological polar surface area (TPSA) is 0 Å². The molecule has 0 N–H and O–H groups in total. The monoisotopic (exact) mass is 380 g/mol. The molecule has 82 valence electrons. The van der Waals surface area contributed by atoms with Crippen molar-refractivity contribution in [3.05, 3.63) is 60.7 Å². The van der Waals surface area contributed by atoms with E-state index in [4.69, 9.17) is 0 Å². The second-order valence-electron chi connectivity index (χ2n) is 3.26. The van der Waals surface area contributed by atoms with Crippen LogP contribution in [0.4, 0.5) is 0 Å². The predicted octanol–water partition coefficient (Wildman–Crippen LogP) is 4.37. The van der Waals surface area contributed by atoms with Crippen molar-refractivity contribution in [3.8, 4) is 11.1 Å². The molecule has 2 aromatic rings. The van der Waals surface area contributed by atoms with Gasteiger partial charge in [0.05, 0.1) is 0 Å². The van der Waals surface area contributed by atoms with Crippen LogP contribution in [0.15, 0.2) is 48.5 Å². The van der Waals surface area contributed by atoms with Crippen molar-refractivity contribution in [1.82, 2.24) is 0 Å². The van der Waals surface area contributed by atoms with Gasteiger partial charge in [0.15, 0.2) is 0 Å². The normalized spacial score (nSPS) is 8.38. The molecule has 2 rings (SSSR count). The maximum atomic E-state index is 3.15. The summed E-state index contributed by atoms with van der Waals surface area (Å²) in [7, 11) is 0. The van der Waals surface area contributed by atoms with Crippen LogP contribution in [0, 0.1) is 12.1 Å². The van der Waals surface area contributed by atoms with E-state index in [0.717, 1.165) is 11.1 Å². The zero-order valence-corrected chi connectivity index (χ0v) is 12.7. The first kappa shape index (κ1) is 15.1. The minimum atomic E-state index is 0. The van der Waals surface area contributed by atoms with Gasteiger partial charge in [-0.1, -0.05) is 20.3 Å². The summed E-state index contributed by atoms with van der Waals surface area (Å²) in [5.41, 5.74) is 2.19. The van der Waals surface area contributed by atoms with Gasteiger partial charge < -0.3 is 0 Å². The zero-order valence-electron chi connectivity index (χ0n) is 9.73. The fourth-order valence-corrected chi connectivity index (χ4v) is 1.12. The number of rotatable bonds is 1. The molecule has 0 aliphatic heterocycles. The average molecular weight is 380 g/mol. The summed E-state index contributed by atoms with van der Waals surface area (Å²) in [6.45, 7) is 4.25. The molecule has 1 heteroatoms. The Morgan fingerprint density at radius 2 is 1.19 bits per heavy atom. The standard InChI is InChI=1S/C12H8.C3H8.W/c1-3-7-11(8-4-1)12-9-5-2-6-10-12;1-3-2;/h1-7,9H;3H2,1-2H3;/q-2;;+2. The summed E-state index contributed by atoms with van der Waals surface area (Å²) < 4.78 is 0. The molecule has 0 radical (unpaired) electrons. The van der Waals surface area contributed by atoms with E-state index in [1.54, 1.807) is 0 Å². The van der Waals surface area contributed by atoms with Crippen molar-refractivity contribution in [2.75, 3.05) is 0 Å². The van der Waals surface area contributed by atoms with E-state index in [1.165, 1.54) is 6.42 Å². The van der Waals surface area contributed by atoms with Crippen molar-refractivity contribution in [2.45, 2.75) is 20.3 Å². The van der Waals surface area contributed by atoms with Crippen LogP contribution in [0.5, 0.6) is 0 Å². The van der Waals surface area contributed by atoms with Gasteiger partial charge in [-0.05, 0) is 0 Å². The van der Waals surface area contributed by atoms with Crippen molar-refractivity contribution in [1.29, 1.82) is 0 Å². The number of benzene rings is 2. The molecule has 0 bridgehead atoms. The molecule has 0 aliphatic rings. The molecular formula is C15H16W. The van der Waals surface area contributed by atoms with Crippen LogP contribution >= 0.6 is 0 Å². The van der Waals surface area contributed by atoms with Crippen LogP contribution in [-0.4, -0.2) is 0 Å². The first-order valence-electron chi connectivity index (χ1n) is 5.32. The van der Waals surface area contributed by atoms with Crippen LogP contribution in [0.25, 0.3) is 11.1 Å². The molecule has 2 aromatic carbocycles. The molecule has 0 fully saturated rings. The predicted molar refractivity (Wildman–Crippen MR) is 65.5 cm³/mol. The van der Waals surface area contributed by atoms with E-state index in [0.29, 0.717) is 0 Å². The van der Waals surface area contributed by atoms with Crippen LogP contribution in [0.2, 0.25) is 0 Å². The van der Waals surface area contributed by atoms with Crippen LogP contribution in [-0.2, 0) is 21.1 Å². The van der Waals surface area contributed by atoms with Crippen LogP contribution in [0.3, 0.4) is 0 Å². The maximum absolute atomic E-state index is 3.15. The summed E-state index contributed by atoms with van der Waals surface area (Å²) in [5.74, 6) is 0. The second kappa shape index (κ2) is 9.36. The van der Waals surface area contributed by atoms with Crippen LogP contribution in [0.1, 0.15) is 20.3 Å². The molecule has 0 spiro atoms. The summed E-state index contributed by atoms with van der Waals surface area (Å²) >= 11 is 0. The van der Waals surface area contributed by atoms with Crippen molar-refractivity contribution >= 4 is 0 Å². The Hall–Kier alpha value is -0.872. The van der Waals surface area contributed by atoms with Crippen LogP contribution < -0.4 is 0 Å². The van der Waals surface area contributed by atoms with Gasteiger partial charge in [-0.15, -0.1) is 12.1 Å². The molecule has 0 aromatic heterocycles. The first-order chi connectivity index (χ1) is 7.38. The van der Waals surface area contributed by atoms with Gasteiger partial charge in [0.1, 0.15) is 0 Å². The zero-order chi connectivity index (χ0) is 10.9. The third-order valence-electron chi connectivity index (χ3n) is 1.71. The quantitative estimate of drug-likeness (QED) is 0.645. The van der Waals surface area contributed by atoms with Gasteiger partial charge in [0, 0.05) is 0 Å². The average Bonchev–Trinajstić information content (AvgIpc) is 2.32. The van der Waals surface area contributed by atoms with E-state index in [-0.39, 0.29) is 21.1 Å². The summed E-state index contributed by atoms with van der Waals surface area (Å²) in [4.78, 5) is 0. The minimum absolute atomic E-state index is 0. The minimum Gasteiger partial charge on any atom is -0.226 e. The van der Waals surface area contributed by atoms with Gasteiger partial charge in [-0.2, -0.15) is 48.5 Å². The Bertz CT molecular complexity index is 316. The molecule has 0 aliphatic carbocycles. The molecule has 0 amide bonds. The molecule has 0 nitrogen and oxygen atoms in total. The summed E-state index contributed by atoms with van der Waals surface area (Å²) in [5, 5.41) is 0. The van der Waals surface area contributed by atoms with E-state index in [1.807, 2.05) is 48.5 Å². The molecule has 0 saturated carbocycles. The molecule has 0 saturated heterocycles. The summed E-state index contributed by atoms with van der Waals surface area (Å²) in [6.07, 6.45) is 1.25. The largest absolute Gasteiger partial charge is 2.00 e. The van der Waals surface area contributed by atoms with E-state index >= 15 is 0 Å². The molecule has 16 heavy (non-hydrogen) atoms. The molecule has 0 atom stereocenters. The summed E-state index contributed by atoms with van der Waals surface area (Å²) in [6, 6.07) is 22.1. The van der Waals surface area contributed by atoms with E-state index in [9.17, 15) is 0 Å². The fourth-order valence-electron chi connectivity index (χ4n) is 1.12. The van der Waals surface area contributed by atoms with Gasteiger partial charge in [0.25, 0.3) is 0 Å². The molecule has 0 heterocycles. The Morgan fingerprint density at radius 1 is 0.812 bits per heavy atom. The van der Waals surface area contributed by atoms with Gasteiger partial charge in [0.2, 0.25) is 0 Å². The Kier molecular flexibility index (Phi) is 8.85. The van der Waals surface area contributed by atoms with Crippen molar-refractivity contribution in [3.63, 3.8) is 0 Å². The van der Waals surface area contributed by atoms with Crippen molar-refractivity contribution < 1.29 is 21.1 Å². The fraction of sp³-hybridized carbons (Fsp3) is 0.200. The van der Waals surface area contributed by atoms with Crippen molar-refractivity contribution in [2.24, 2.45) is 0 Å². The first-order valence-corrected chi connectivity index (χ1v) is 5.32. The third kappa shape index (κ3) is 5.28. The maximum Gasteiger partial charge on any atom is 2.00 e. The smallest absolute Gasteiger partial charge is 0.226 e. The van der Waals surface area contributed by atoms with E-state index < -0.39 is 0 Å². The Morgan fingerprint density at radius 3 is 1.44 bits per heavy atom.